The average molecular weight is 448 g/mol. The van der Waals surface area contributed by atoms with E-state index in [0.717, 1.165) is 5.56 Å². The fraction of sp³-hybridized carbons (Fsp3) is 0.200. The Hall–Kier alpha value is -2.74. The summed E-state index contributed by atoms with van der Waals surface area (Å²) in [5.74, 6) is -1.45. The number of carbonyl (C=O) groups excluding carboxylic acids is 1. The maximum Gasteiger partial charge on any atom is 0.408 e. The third-order valence-electron chi connectivity index (χ3n) is 4.72. The number of aromatic nitrogens is 2. The summed E-state index contributed by atoms with van der Waals surface area (Å²) in [7, 11) is 0. The molecular weight excluding hydrogens is 432 g/mol. The van der Waals surface area contributed by atoms with Crippen molar-refractivity contribution in [1.29, 1.82) is 0 Å². The zero-order valence-electron chi connectivity index (χ0n) is 14.6. The van der Waals surface area contributed by atoms with Crippen LogP contribution in [0.2, 0.25) is 0 Å². The van der Waals surface area contributed by atoms with E-state index in [9.17, 15) is 13.6 Å². The van der Waals surface area contributed by atoms with Gasteiger partial charge in [0, 0.05) is 34.9 Å². The summed E-state index contributed by atoms with van der Waals surface area (Å²) in [6, 6.07) is 11.0. The largest absolute Gasteiger partial charge is 0.445 e. The van der Waals surface area contributed by atoms with Crippen LogP contribution in [-0.2, 0) is 17.9 Å². The number of hydrogen-bond donors (Lipinski definition) is 1. The Morgan fingerprint density at radius 1 is 1.25 bits per heavy atom. The van der Waals surface area contributed by atoms with Crippen molar-refractivity contribution < 1.29 is 18.3 Å². The van der Waals surface area contributed by atoms with Crippen molar-refractivity contribution in [2.75, 3.05) is 0 Å². The number of halogens is 3. The third kappa shape index (κ3) is 3.64. The highest BCUT2D eigenvalue weighted by Crippen LogP contribution is 2.40. The monoisotopic (exact) mass is 447 g/mol. The highest BCUT2D eigenvalue weighted by Gasteiger charge is 2.39. The molecule has 0 saturated heterocycles. The number of imidazole rings is 1. The van der Waals surface area contributed by atoms with Gasteiger partial charge in [0.05, 0.1) is 6.04 Å². The minimum Gasteiger partial charge on any atom is -0.445 e. The standard InChI is InChI=1S/C20H16BrF2N3O2/c21-13-8-15(22)17(16(23)9-13)14-10-26-7-6-24-19(26)18(14)25-20(27)28-11-12-4-2-1-3-5-12/h1-9,14,18H,10-11H2,(H,25,27)/t14-,18-/m0/s1. The lowest BCUT2D eigenvalue weighted by atomic mass is 9.92. The van der Waals surface area contributed by atoms with Crippen LogP contribution in [0.4, 0.5) is 13.6 Å². The Morgan fingerprint density at radius 3 is 2.68 bits per heavy atom. The van der Waals surface area contributed by atoms with Gasteiger partial charge < -0.3 is 14.6 Å². The number of hydrogen-bond acceptors (Lipinski definition) is 3. The molecule has 0 bridgehead atoms. The summed E-state index contributed by atoms with van der Waals surface area (Å²) in [4.78, 5) is 16.6. The SMILES string of the molecule is O=C(N[C@@H]1c2nccn2C[C@H]1c1c(F)cc(Br)cc1F)OCc1ccccc1. The molecule has 1 aliphatic heterocycles. The maximum absolute atomic E-state index is 14.5. The van der Waals surface area contributed by atoms with Crippen LogP contribution in [-0.4, -0.2) is 15.6 Å². The quantitative estimate of drug-likeness (QED) is 0.631. The van der Waals surface area contributed by atoms with Gasteiger partial charge in [0.2, 0.25) is 0 Å². The summed E-state index contributed by atoms with van der Waals surface area (Å²) >= 11 is 3.09. The van der Waals surface area contributed by atoms with E-state index < -0.39 is 29.7 Å². The second-order valence-corrected chi connectivity index (χ2v) is 7.43. The molecule has 2 heterocycles. The minimum absolute atomic E-state index is 0.0814. The first-order valence-electron chi connectivity index (χ1n) is 8.65. The molecule has 28 heavy (non-hydrogen) atoms. The van der Waals surface area contributed by atoms with E-state index in [1.54, 1.807) is 17.0 Å². The normalized spacial score (nSPS) is 18.0. The Bertz CT molecular complexity index is 987. The van der Waals surface area contributed by atoms with Crippen molar-refractivity contribution in [1.82, 2.24) is 14.9 Å². The smallest absolute Gasteiger partial charge is 0.408 e. The molecule has 5 nitrogen and oxygen atoms in total. The van der Waals surface area contributed by atoms with Crippen LogP contribution in [0.15, 0.2) is 59.3 Å². The van der Waals surface area contributed by atoms with Gasteiger partial charge in [0.1, 0.15) is 24.1 Å². The van der Waals surface area contributed by atoms with Gasteiger partial charge in [-0.15, -0.1) is 0 Å². The van der Waals surface area contributed by atoms with E-state index >= 15 is 0 Å². The average Bonchev–Trinajstić information content (AvgIpc) is 3.23. The Balaban J connectivity index is 1.55. The molecule has 0 aliphatic carbocycles. The van der Waals surface area contributed by atoms with Crippen molar-refractivity contribution >= 4 is 22.0 Å². The van der Waals surface area contributed by atoms with E-state index in [1.165, 1.54) is 12.1 Å². The predicted octanol–water partition coefficient (Wildman–Crippen LogP) is 4.69. The Morgan fingerprint density at radius 2 is 1.96 bits per heavy atom. The number of nitrogens with one attached hydrogen (secondary N) is 1. The van der Waals surface area contributed by atoms with Crippen LogP contribution in [0.3, 0.4) is 0 Å². The molecule has 0 unspecified atom stereocenters. The number of alkyl carbamates (subject to hydrolysis) is 1. The molecule has 144 valence electrons. The van der Waals surface area contributed by atoms with Crippen molar-refractivity contribution in [2.24, 2.45) is 0 Å². The van der Waals surface area contributed by atoms with Gasteiger partial charge in [-0.3, -0.25) is 0 Å². The van der Waals surface area contributed by atoms with Crippen molar-refractivity contribution in [2.45, 2.75) is 25.1 Å². The summed E-state index contributed by atoms with van der Waals surface area (Å²) in [5, 5.41) is 2.72. The molecule has 3 aromatic rings. The molecule has 0 saturated carbocycles. The van der Waals surface area contributed by atoms with Gasteiger partial charge in [-0.1, -0.05) is 46.3 Å². The molecule has 0 radical (unpaired) electrons. The number of nitrogens with zero attached hydrogens (tertiary/aromatic N) is 2. The molecule has 8 heteroatoms. The highest BCUT2D eigenvalue weighted by molar-refractivity contribution is 9.10. The molecule has 4 rings (SSSR count). The Labute approximate surface area is 168 Å². The molecule has 2 atom stereocenters. The van der Waals surface area contributed by atoms with Crippen LogP contribution in [0.1, 0.15) is 28.9 Å². The van der Waals surface area contributed by atoms with Crippen LogP contribution in [0.5, 0.6) is 0 Å². The number of benzene rings is 2. The van der Waals surface area contributed by atoms with Crippen LogP contribution in [0, 0.1) is 11.6 Å². The Kier molecular flexibility index (Phi) is 5.13. The number of amides is 1. The zero-order valence-corrected chi connectivity index (χ0v) is 16.2. The second kappa shape index (κ2) is 7.71. The lowest BCUT2D eigenvalue weighted by Crippen LogP contribution is -2.32. The molecule has 1 aliphatic rings. The fourth-order valence-electron chi connectivity index (χ4n) is 3.47. The number of ether oxygens (including phenoxy) is 1. The summed E-state index contributed by atoms with van der Waals surface area (Å²) in [6.07, 6.45) is 2.63. The van der Waals surface area contributed by atoms with Gasteiger partial charge in [-0.05, 0) is 17.7 Å². The first-order valence-corrected chi connectivity index (χ1v) is 9.45. The molecule has 1 amide bonds. The van der Waals surface area contributed by atoms with E-state index in [-0.39, 0.29) is 12.2 Å². The van der Waals surface area contributed by atoms with Gasteiger partial charge in [-0.25, -0.2) is 18.6 Å². The summed E-state index contributed by atoms with van der Waals surface area (Å²) < 4.78 is 36.4. The van der Waals surface area contributed by atoms with E-state index in [0.29, 0.717) is 16.8 Å². The van der Waals surface area contributed by atoms with Crippen LogP contribution < -0.4 is 5.32 Å². The maximum atomic E-state index is 14.5. The number of rotatable bonds is 4. The lowest BCUT2D eigenvalue weighted by Gasteiger charge is -2.21. The van der Waals surface area contributed by atoms with E-state index in [4.69, 9.17) is 4.74 Å². The first-order chi connectivity index (χ1) is 13.5. The minimum atomic E-state index is -0.705. The van der Waals surface area contributed by atoms with Gasteiger partial charge in [0.15, 0.2) is 0 Å². The van der Waals surface area contributed by atoms with Gasteiger partial charge in [-0.2, -0.15) is 0 Å². The topological polar surface area (TPSA) is 56.2 Å². The lowest BCUT2D eigenvalue weighted by molar-refractivity contribution is 0.134. The number of fused-ring (bicyclic) bond motifs is 1. The van der Waals surface area contributed by atoms with Crippen molar-refractivity contribution in [3.05, 3.63) is 87.9 Å². The molecule has 1 N–H and O–H groups in total. The van der Waals surface area contributed by atoms with E-state index in [1.807, 2.05) is 30.3 Å². The molecule has 0 spiro atoms. The highest BCUT2D eigenvalue weighted by atomic mass is 79.9. The van der Waals surface area contributed by atoms with Crippen molar-refractivity contribution in [3.63, 3.8) is 0 Å². The predicted molar refractivity (Wildman–Crippen MR) is 102 cm³/mol. The van der Waals surface area contributed by atoms with Crippen LogP contribution >= 0.6 is 15.9 Å². The number of carbonyl (C=O) groups is 1. The third-order valence-corrected chi connectivity index (χ3v) is 5.18. The molecule has 1 aromatic heterocycles. The summed E-state index contributed by atoms with van der Waals surface area (Å²) in [6.45, 7) is 0.397. The summed E-state index contributed by atoms with van der Waals surface area (Å²) in [5.41, 5.74) is 0.758. The first kappa shape index (κ1) is 18.6. The van der Waals surface area contributed by atoms with Gasteiger partial charge in [0.25, 0.3) is 0 Å². The molecular formula is C20H16BrF2N3O2. The fourth-order valence-corrected chi connectivity index (χ4v) is 3.88. The molecule has 0 fully saturated rings. The van der Waals surface area contributed by atoms with Crippen LogP contribution in [0.25, 0.3) is 0 Å². The zero-order chi connectivity index (χ0) is 19.7. The van der Waals surface area contributed by atoms with Crippen molar-refractivity contribution in [3.8, 4) is 0 Å². The second-order valence-electron chi connectivity index (χ2n) is 6.51. The van der Waals surface area contributed by atoms with Gasteiger partial charge >= 0.3 is 6.09 Å². The molecule has 2 aromatic carbocycles. The van der Waals surface area contributed by atoms with E-state index in [2.05, 4.69) is 26.2 Å².